The van der Waals surface area contributed by atoms with Crippen molar-refractivity contribution in [3.05, 3.63) is 29.6 Å². The van der Waals surface area contributed by atoms with Gasteiger partial charge in [0, 0.05) is 6.54 Å². The number of aromatic nitrogens is 2. The van der Waals surface area contributed by atoms with Gasteiger partial charge in [0.25, 0.3) is 0 Å². The lowest BCUT2D eigenvalue weighted by molar-refractivity contribution is 0.387. The number of hydrogen-bond acceptors (Lipinski definition) is 3. The average Bonchev–Trinajstić information content (AvgIpc) is 2.81. The molecule has 0 saturated carbocycles. The topological polar surface area (TPSA) is 44.9 Å². The largest absolute Gasteiger partial charge is 0.327 e. The first-order chi connectivity index (χ1) is 10.0. The molecule has 0 saturated heterocycles. The number of nitriles is 1. The molecule has 1 aromatic carbocycles. The normalized spacial score (nSPS) is 12.8. The summed E-state index contributed by atoms with van der Waals surface area (Å²) in [6, 6.07) is 7.78. The highest BCUT2D eigenvalue weighted by atomic mass is 35.5. The highest BCUT2D eigenvalue weighted by molar-refractivity contribution is 6.20. The second kappa shape index (κ2) is 6.93. The highest BCUT2D eigenvalue weighted by Gasteiger charge is 2.15. The van der Waals surface area contributed by atoms with E-state index in [2.05, 4.69) is 34.6 Å². The van der Waals surface area contributed by atoms with E-state index in [1.54, 1.807) is 6.07 Å². The van der Waals surface area contributed by atoms with E-state index in [0.717, 1.165) is 42.8 Å². The van der Waals surface area contributed by atoms with Crippen LogP contribution >= 0.6 is 11.6 Å². The lowest BCUT2D eigenvalue weighted by atomic mass is 10.2. The maximum Gasteiger partial charge on any atom is 0.127 e. The minimum atomic E-state index is -0.142. The molecule has 1 aromatic heterocycles. The molecular weight excluding hydrogens is 284 g/mol. The minimum Gasteiger partial charge on any atom is -0.327 e. The van der Waals surface area contributed by atoms with Crippen molar-refractivity contribution in [3.63, 3.8) is 0 Å². The number of benzene rings is 1. The van der Waals surface area contributed by atoms with Crippen molar-refractivity contribution < 1.29 is 0 Å². The molecule has 1 atom stereocenters. The summed E-state index contributed by atoms with van der Waals surface area (Å²) < 4.78 is 2.16. The Balaban J connectivity index is 2.29. The van der Waals surface area contributed by atoms with Crippen molar-refractivity contribution >= 4 is 22.6 Å². The molecule has 0 aliphatic heterocycles. The molecule has 2 rings (SSSR count). The molecule has 0 amide bonds. The third-order valence-corrected chi connectivity index (χ3v) is 3.69. The van der Waals surface area contributed by atoms with Gasteiger partial charge in [-0.25, -0.2) is 4.98 Å². The molecule has 4 nitrogen and oxygen atoms in total. The number of imidazole rings is 1. The summed E-state index contributed by atoms with van der Waals surface area (Å²) in [6.07, 6.45) is 2.19. The Kier molecular flexibility index (Phi) is 5.22. The molecule has 0 N–H and O–H groups in total. The van der Waals surface area contributed by atoms with E-state index in [-0.39, 0.29) is 5.38 Å². The molecule has 2 aromatic rings. The van der Waals surface area contributed by atoms with E-state index < -0.39 is 0 Å². The highest BCUT2D eigenvalue weighted by Crippen LogP contribution is 2.25. The van der Waals surface area contributed by atoms with Crippen LogP contribution in [0.3, 0.4) is 0 Å². The predicted octanol–water partition coefficient (Wildman–Crippen LogP) is 3.55. The Morgan fingerprint density at radius 3 is 2.76 bits per heavy atom. The van der Waals surface area contributed by atoms with Gasteiger partial charge in [-0.3, -0.25) is 0 Å². The smallest absolute Gasteiger partial charge is 0.127 e. The average molecular weight is 305 g/mol. The Morgan fingerprint density at radius 1 is 1.38 bits per heavy atom. The van der Waals surface area contributed by atoms with Gasteiger partial charge in [-0.1, -0.05) is 0 Å². The number of halogens is 1. The standard InChI is InChI=1S/C16H21ClN4/c1-12(17)16-19-14-7-6-13(11-18)10-15(14)21(16)9-5-4-8-20(2)3/h6-7,10,12H,4-5,8-9H2,1-3H3. The molecule has 0 bridgehead atoms. The molecular formula is C16H21ClN4. The molecule has 0 aliphatic carbocycles. The number of hydrogen-bond donors (Lipinski definition) is 0. The monoisotopic (exact) mass is 304 g/mol. The molecule has 21 heavy (non-hydrogen) atoms. The fourth-order valence-electron chi connectivity index (χ4n) is 2.45. The minimum absolute atomic E-state index is 0.142. The van der Waals surface area contributed by atoms with Gasteiger partial charge in [0.1, 0.15) is 5.82 Å². The van der Waals surface area contributed by atoms with Crippen LogP contribution in [-0.4, -0.2) is 35.1 Å². The van der Waals surface area contributed by atoms with E-state index in [9.17, 15) is 0 Å². The molecule has 1 heterocycles. The van der Waals surface area contributed by atoms with Crippen LogP contribution in [0.2, 0.25) is 0 Å². The summed E-state index contributed by atoms with van der Waals surface area (Å²) in [5.74, 6) is 0.881. The number of fused-ring (bicyclic) bond motifs is 1. The summed E-state index contributed by atoms with van der Waals surface area (Å²) in [5.41, 5.74) is 2.57. The fourth-order valence-corrected chi connectivity index (χ4v) is 2.61. The van der Waals surface area contributed by atoms with Gasteiger partial charge < -0.3 is 9.47 Å². The molecule has 1 unspecified atom stereocenters. The van der Waals surface area contributed by atoms with Crippen LogP contribution in [-0.2, 0) is 6.54 Å². The predicted molar refractivity (Wildman–Crippen MR) is 86.5 cm³/mol. The number of alkyl halides is 1. The van der Waals surface area contributed by atoms with E-state index >= 15 is 0 Å². The number of unbranched alkanes of at least 4 members (excludes halogenated alkanes) is 1. The third kappa shape index (κ3) is 3.75. The zero-order valence-corrected chi connectivity index (χ0v) is 13.6. The van der Waals surface area contributed by atoms with Crippen molar-refractivity contribution in [2.24, 2.45) is 0 Å². The van der Waals surface area contributed by atoms with E-state index in [0.29, 0.717) is 5.56 Å². The Bertz CT molecular complexity index is 652. The lowest BCUT2D eigenvalue weighted by Gasteiger charge is -2.12. The first-order valence-electron chi connectivity index (χ1n) is 7.22. The van der Waals surface area contributed by atoms with Crippen LogP contribution in [0.1, 0.15) is 36.5 Å². The first kappa shape index (κ1) is 15.8. The van der Waals surface area contributed by atoms with Crippen molar-refractivity contribution in [2.75, 3.05) is 20.6 Å². The molecule has 0 fully saturated rings. The van der Waals surface area contributed by atoms with E-state index in [1.165, 1.54) is 0 Å². The SMILES string of the molecule is CC(Cl)c1nc2ccc(C#N)cc2n1CCCCN(C)C. The molecule has 0 aliphatic rings. The van der Waals surface area contributed by atoms with Gasteiger partial charge in [0.15, 0.2) is 0 Å². The molecule has 5 heteroatoms. The molecule has 0 spiro atoms. The number of nitrogens with zero attached hydrogens (tertiary/aromatic N) is 4. The number of rotatable bonds is 6. The first-order valence-corrected chi connectivity index (χ1v) is 7.65. The number of aryl methyl sites for hydroxylation is 1. The second-order valence-electron chi connectivity index (χ2n) is 5.56. The van der Waals surface area contributed by atoms with Crippen molar-refractivity contribution in [2.45, 2.75) is 31.7 Å². The quantitative estimate of drug-likeness (QED) is 0.605. The van der Waals surface area contributed by atoms with Gasteiger partial charge in [0.2, 0.25) is 0 Å². The summed E-state index contributed by atoms with van der Waals surface area (Å²) >= 11 is 6.26. The maximum absolute atomic E-state index is 9.07. The van der Waals surface area contributed by atoms with Gasteiger partial charge in [-0.15, -0.1) is 11.6 Å². The zero-order valence-electron chi connectivity index (χ0n) is 12.8. The second-order valence-corrected chi connectivity index (χ2v) is 6.22. The Hall–Kier alpha value is -1.57. The van der Waals surface area contributed by atoms with Crippen LogP contribution in [0.5, 0.6) is 0 Å². The molecule has 0 radical (unpaired) electrons. The van der Waals surface area contributed by atoms with Gasteiger partial charge in [0.05, 0.1) is 28.0 Å². The van der Waals surface area contributed by atoms with Crippen molar-refractivity contribution in [1.29, 1.82) is 5.26 Å². The van der Waals surface area contributed by atoms with Gasteiger partial charge in [-0.2, -0.15) is 5.26 Å². The lowest BCUT2D eigenvalue weighted by Crippen LogP contribution is -2.14. The van der Waals surface area contributed by atoms with Crippen molar-refractivity contribution in [1.82, 2.24) is 14.5 Å². The van der Waals surface area contributed by atoms with Crippen LogP contribution in [0.4, 0.5) is 0 Å². The summed E-state index contributed by atoms with van der Waals surface area (Å²) in [6.45, 7) is 3.89. The van der Waals surface area contributed by atoms with Gasteiger partial charge in [-0.05, 0) is 58.6 Å². The van der Waals surface area contributed by atoms with Crippen LogP contribution in [0, 0.1) is 11.3 Å². The molecule has 112 valence electrons. The Morgan fingerprint density at radius 2 is 2.14 bits per heavy atom. The third-order valence-electron chi connectivity index (χ3n) is 3.50. The zero-order chi connectivity index (χ0) is 15.4. The Labute approximate surface area is 130 Å². The summed E-state index contributed by atoms with van der Waals surface area (Å²) in [5, 5.41) is 8.93. The van der Waals surface area contributed by atoms with Gasteiger partial charge >= 0.3 is 0 Å². The maximum atomic E-state index is 9.07. The van der Waals surface area contributed by atoms with E-state index in [1.807, 2.05) is 19.1 Å². The van der Waals surface area contributed by atoms with Crippen LogP contribution in [0.25, 0.3) is 11.0 Å². The van der Waals surface area contributed by atoms with E-state index in [4.69, 9.17) is 16.9 Å². The fraction of sp³-hybridized carbons (Fsp3) is 0.500. The van der Waals surface area contributed by atoms with Crippen molar-refractivity contribution in [3.8, 4) is 6.07 Å². The van der Waals surface area contributed by atoms with Crippen LogP contribution < -0.4 is 0 Å². The van der Waals surface area contributed by atoms with Crippen LogP contribution in [0.15, 0.2) is 18.2 Å². The summed E-state index contributed by atoms with van der Waals surface area (Å²) in [4.78, 5) is 6.80. The summed E-state index contributed by atoms with van der Waals surface area (Å²) in [7, 11) is 4.16.